The molecule has 3 rings (SSSR count). The van der Waals surface area contributed by atoms with Crippen LogP contribution in [0, 0.1) is 5.92 Å². The molecule has 5 heteroatoms. The van der Waals surface area contributed by atoms with E-state index in [9.17, 15) is 9.59 Å². The fourth-order valence-corrected chi connectivity index (χ4v) is 4.42. The quantitative estimate of drug-likeness (QED) is 0.842. The number of hydrogen-bond donors (Lipinski definition) is 0. The molecule has 2 unspecified atom stereocenters. The zero-order chi connectivity index (χ0) is 15.0. The Labute approximate surface area is 129 Å². The molecule has 2 aliphatic rings. The van der Waals surface area contributed by atoms with Crippen LogP contribution in [0.2, 0.25) is 0 Å². The van der Waals surface area contributed by atoms with Crippen LogP contribution in [0.5, 0.6) is 0 Å². The third-order valence-corrected chi connectivity index (χ3v) is 5.77. The van der Waals surface area contributed by atoms with Crippen molar-refractivity contribution in [3.8, 4) is 0 Å². The summed E-state index contributed by atoms with van der Waals surface area (Å²) in [6.45, 7) is 3.63. The van der Waals surface area contributed by atoms with E-state index in [1.165, 1.54) is 10.4 Å². The van der Waals surface area contributed by atoms with Crippen LogP contribution in [0.3, 0.4) is 0 Å². The SMILES string of the molecule is CCC1c2ccsc2CCN1C(=O)C1CCN(C)C(=O)C1. The van der Waals surface area contributed by atoms with Crippen LogP contribution in [0.25, 0.3) is 0 Å². The van der Waals surface area contributed by atoms with Gasteiger partial charge in [-0.05, 0) is 36.3 Å². The van der Waals surface area contributed by atoms with Crippen molar-refractivity contribution in [2.75, 3.05) is 20.1 Å². The molecular weight excluding hydrogens is 284 g/mol. The molecule has 1 saturated heterocycles. The zero-order valence-electron chi connectivity index (χ0n) is 12.7. The lowest BCUT2D eigenvalue weighted by atomic mass is 9.91. The number of fused-ring (bicyclic) bond motifs is 1. The summed E-state index contributed by atoms with van der Waals surface area (Å²) in [7, 11) is 1.82. The number of amides is 2. The highest BCUT2D eigenvalue weighted by Gasteiger charge is 2.36. The fourth-order valence-electron chi connectivity index (χ4n) is 3.49. The predicted octanol–water partition coefficient (Wildman–Crippen LogP) is 2.45. The number of nitrogens with zero attached hydrogens (tertiary/aromatic N) is 2. The Kier molecular flexibility index (Phi) is 4.02. The molecule has 4 nitrogen and oxygen atoms in total. The van der Waals surface area contributed by atoms with Gasteiger partial charge in [0, 0.05) is 37.4 Å². The van der Waals surface area contributed by atoms with E-state index in [-0.39, 0.29) is 23.8 Å². The van der Waals surface area contributed by atoms with Crippen LogP contribution in [0.1, 0.15) is 42.7 Å². The average Bonchev–Trinajstić information content (AvgIpc) is 2.96. The molecule has 0 radical (unpaired) electrons. The summed E-state index contributed by atoms with van der Waals surface area (Å²) in [4.78, 5) is 29.9. The van der Waals surface area contributed by atoms with Gasteiger partial charge < -0.3 is 9.80 Å². The summed E-state index contributed by atoms with van der Waals surface area (Å²) in [5, 5.41) is 2.13. The number of carbonyl (C=O) groups excluding carboxylic acids is 2. The monoisotopic (exact) mass is 306 g/mol. The molecule has 0 aromatic carbocycles. The van der Waals surface area contributed by atoms with Crippen LogP contribution in [-0.2, 0) is 16.0 Å². The Balaban J connectivity index is 1.77. The minimum absolute atomic E-state index is 0.0980. The second-order valence-corrected chi connectivity index (χ2v) is 7.01. The van der Waals surface area contributed by atoms with Crippen molar-refractivity contribution in [3.05, 3.63) is 21.9 Å². The first-order chi connectivity index (χ1) is 10.1. The van der Waals surface area contributed by atoms with E-state index in [2.05, 4.69) is 18.4 Å². The van der Waals surface area contributed by atoms with Crippen molar-refractivity contribution in [1.82, 2.24) is 9.80 Å². The number of thiophene rings is 1. The Morgan fingerprint density at radius 3 is 2.95 bits per heavy atom. The van der Waals surface area contributed by atoms with Crippen LogP contribution >= 0.6 is 11.3 Å². The Morgan fingerprint density at radius 2 is 2.24 bits per heavy atom. The lowest BCUT2D eigenvalue weighted by Crippen LogP contribution is -2.46. The van der Waals surface area contributed by atoms with Crippen molar-refractivity contribution in [1.29, 1.82) is 0 Å². The van der Waals surface area contributed by atoms with Gasteiger partial charge >= 0.3 is 0 Å². The van der Waals surface area contributed by atoms with E-state index >= 15 is 0 Å². The van der Waals surface area contributed by atoms with Crippen molar-refractivity contribution in [3.63, 3.8) is 0 Å². The van der Waals surface area contributed by atoms with E-state index in [0.717, 1.165) is 25.8 Å². The maximum atomic E-state index is 12.9. The molecule has 2 aliphatic heterocycles. The van der Waals surface area contributed by atoms with Crippen LogP contribution in [-0.4, -0.2) is 41.8 Å². The topological polar surface area (TPSA) is 40.6 Å². The second kappa shape index (κ2) is 5.79. The largest absolute Gasteiger partial charge is 0.346 e. The van der Waals surface area contributed by atoms with Gasteiger partial charge in [-0.15, -0.1) is 11.3 Å². The standard InChI is InChI=1S/C16H22N2O2S/c1-3-13-12-6-9-21-14(12)5-8-18(13)16(20)11-4-7-17(2)15(19)10-11/h6,9,11,13H,3-5,7-8,10H2,1-2H3. The van der Waals surface area contributed by atoms with Gasteiger partial charge in [-0.1, -0.05) is 6.92 Å². The molecule has 3 heterocycles. The van der Waals surface area contributed by atoms with E-state index in [4.69, 9.17) is 0 Å². The maximum Gasteiger partial charge on any atom is 0.226 e. The lowest BCUT2D eigenvalue weighted by Gasteiger charge is -2.39. The molecule has 0 saturated carbocycles. The van der Waals surface area contributed by atoms with Crippen LogP contribution in [0.4, 0.5) is 0 Å². The van der Waals surface area contributed by atoms with Gasteiger partial charge in [0.05, 0.1) is 6.04 Å². The zero-order valence-corrected chi connectivity index (χ0v) is 13.5. The molecule has 0 bridgehead atoms. The number of carbonyl (C=O) groups is 2. The highest BCUT2D eigenvalue weighted by Crippen LogP contribution is 2.36. The van der Waals surface area contributed by atoms with Crippen molar-refractivity contribution in [2.45, 2.75) is 38.6 Å². The third-order valence-electron chi connectivity index (χ3n) is 4.77. The minimum Gasteiger partial charge on any atom is -0.346 e. The molecule has 2 atom stereocenters. The predicted molar refractivity (Wildman–Crippen MR) is 83.1 cm³/mol. The summed E-state index contributed by atoms with van der Waals surface area (Å²) in [5.74, 6) is 0.156. The van der Waals surface area contributed by atoms with E-state index < -0.39 is 0 Å². The minimum atomic E-state index is -0.122. The maximum absolute atomic E-state index is 12.9. The summed E-state index contributed by atoms with van der Waals surface area (Å²) in [6, 6.07) is 2.36. The Morgan fingerprint density at radius 1 is 1.43 bits per heavy atom. The summed E-state index contributed by atoms with van der Waals surface area (Å²) >= 11 is 1.80. The molecule has 2 amide bonds. The molecule has 0 aliphatic carbocycles. The van der Waals surface area contributed by atoms with Crippen molar-refractivity contribution >= 4 is 23.2 Å². The summed E-state index contributed by atoms with van der Waals surface area (Å²) in [6.07, 6.45) is 3.06. The van der Waals surface area contributed by atoms with Crippen LogP contribution < -0.4 is 0 Å². The molecule has 1 aromatic heterocycles. The van der Waals surface area contributed by atoms with Gasteiger partial charge in [-0.25, -0.2) is 0 Å². The number of likely N-dealkylation sites (tertiary alicyclic amines) is 1. The van der Waals surface area contributed by atoms with Gasteiger partial charge in [0.1, 0.15) is 0 Å². The van der Waals surface area contributed by atoms with Gasteiger partial charge in [0.25, 0.3) is 0 Å². The molecule has 1 aromatic rings. The van der Waals surface area contributed by atoms with Gasteiger partial charge in [-0.3, -0.25) is 9.59 Å². The van der Waals surface area contributed by atoms with Gasteiger partial charge in [-0.2, -0.15) is 0 Å². The molecule has 0 spiro atoms. The summed E-state index contributed by atoms with van der Waals surface area (Å²) < 4.78 is 0. The van der Waals surface area contributed by atoms with Crippen molar-refractivity contribution in [2.24, 2.45) is 5.92 Å². The fraction of sp³-hybridized carbons (Fsp3) is 0.625. The van der Waals surface area contributed by atoms with Crippen LogP contribution in [0.15, 0.2) is 11.4 Å². The van der Waals surface area contributed by atoms with E-state index in [1.54, 1.807) is 16.2 Å². The Hall–Kier alpha value is -1.36. The van der Waals surface area contributed by atoms with Gasteiger partial charge in [0.2, 0.25) is 11.8 Å². The van der Waals surface area contributed by atoms with E-state index in [0.29, 0.717) is 13.0 Å². The van der Waals surface area contributed by atoms with Gasteiger partial charge in [0.15, 0.2) is 0 Å². The highest BCUT2D eigenvalue weighted by atomic mass is 32.1. The third kappa shape index (κ3) is 2.59. The molecular formula is C16H22N2O2S. The van der Waals surface area contributed by atoms with E-state index in [1.807, 2.05) is 11.9 Å². The highest BCUT2D eigenvalue weighted by molar-refractivity contribution is 7.10. The molecule has 21 heavy (non-hydrogen) atoms. The number of rotatable bonds is 2. The normalized spacial score (nSPS) is 25.9. The Bertz CT molecular complexity index is 554. The number of piperidine rings is 1. The molecule has 114 valence electrons. The molecule has 0 N–H and O–H groups in total. The first kappa shape index (κ1) is 14.6. The lowest BCUT2D eigenvalue weighted by molar-refractivity contribution is -0.146. The van der Waals surface area contributed by atoms with Crippen molar-refractivity contribution < 1.29 is 9.59 Å². The number of hydrogen-bond acceptors (Lipinski definition) is 3. The summed E-state index contributed by atoms with van der Waals surface area (Å²) in [5.41, 5.74) is 1.32. The first-order valence-corrected chi connectivity index (χ1v) is 8.60. The molecule has 1 fully saturated rings. The average molecular weight is 306 g/mol. The smallest absolute Gasteiger partial charge is 0.226 e. The first-order valence-electron chi connectivity index (χ1n) is 7.72. The second-order valence-electron chi connectivity index (χ2n) is 6.01.